The normalized spacial score (nSPS) is 17.2. The lowest BCUT2D eigenvalue weighted by molar-refractivity contribution is 0.0321. The summed E-state index contributed by atoms with van der Waals surface area (Å²) in [5, 5.41) is 26.8. The summed E-state index contributed by atoms with van der Waals surface area (Å²) in [7, 11) is 4.07. The molecule has 2 aliphatic rings. The number of hydrogen-bond acceptors (Lipinski definition) is 5. The molecule has 1 aliphatic heterocycles. The molecule has 0 radical (unpaired) electrons. The van der Waals surface area contributed by atoms with Gasteiger partial charge in [-0.1, -0.05) is 18.2 Å². The minimum Gasteiger partial charge on any atom is -0.330 e. The number of nitrogens with one attached hydrogen (secondary N) is 2. The van der Waals surface area contributed by atoms with Crippen molar-refractivity contribution in [2.24, 2.45) is 19.5 Å². The average Bonchev–Trinajstić information content (AvgIpc) is 3.47. The Labute approximate surface area is 196 Å². The summed E-state index contributed by atoms with van der Waals surface area (Å²) < 4.78 is 4.13. The van der Waals surface area contributed by atoms with E-state index in [4.69, 9.17) is 4.98 Å². The molecule has 1 saturated carbocycles. The van der Waals surface area contributed by atoms with Gasteiger partial charge in [-0.15, -0.1) is 0 Å². The molecule has 34 heavy (non-hydrogen) atoms. The molecule has 0 bridgehead atoms. The minimum atomic E-state index is 0.408. The van der Waals surface area contributed by atoms with Crippen molar-refractivity contribution in [3.05, 3.63) is 54.1 Å². The van der Waals surface area contributed by atoms with E-state index in [1.165, 1.54) is 12.8 Å². The van der Waals surface area contributed by atoms with Crippen molar-refractivity contribution in [3.63, 3.8) is 0 Å². The van der Waals surface area contributed by atoms with Crippen molar-refractivity contribution in [1.29, 1.82) is 5.26 Å². The van der Waals surface area contributed by atoms with Gasteiger partial charge in [0, 0.05) is 55.0 Å². The lowest BCUT2D eigenvalue weighted by atomic mass is 9.58. The van der Waals surface area contributed by atoms with E-state index in [-0.39, 0.29) is 0 Å². The summed E-state index contributed by atoms with van der Waals surface area (Å²) in [5.41, 5.74) is 6.80. The summed E-state index contributed by atoms with van der Waals surface area (Å²) in [6.45, 7) is 2.23. The summed E-state index contributed by atoms with van der Waals surface area (Å²) in [6, 6.07) is 14.7. The maximum atomic E-state index is 9.73. The first-order chi connectivity index (χ1) is 16.6. The predicted octanol–water partition coefficient (Wildman–Crippen LogP) is 3.86. The Morgan fingerprint density at radius 2 is 2.00 bits per heavy atom. The van der Waals surface area contributed by atoms with Gasteiger partial charge in [-0.2, -0.15) is 15.5 Å². The zero-order chi connectivity index (χ0) is 23.0. The summed E-state index contributed by atoms with van der Waals surface area (Å²) >= 11 is 0. The van der Waals surface area contributed by atoms with Gasteiger partial charge < -0.3 is 9.88 Å². The van der Waals surface area contributed by atoms with Crippen molar-refractivity contribution >= 4 is 21.8 Å². The molecule has 7 rings (SSSR count). The van der Waals surface area contributed by atoms with Crippen LogP contribution in [0.5, 0.6) is 0 Å². The van der Waals surface area contributed by atoms with Crippen LogP contribution in [0.3, 0.4) is 0 Å². The van der Waals surface area contributed by atoms with Crippen LogP contribution in [0.2, 0.25) is 0 Å². The van der Waals surface area contributed by atoms with E-state index >= 15 is 0 Å². The van der Waals surface area contributed by atoms with Crippen LogP contribution in [-0.4, -0.2) is 42.6 Å². The largest absolute Gasteiger partial charge is 0.330 e. The molecule has 0 unspecified atom stereocenters. The second-order valence-corrected chi connectivity index (χ2v) is 9.89. The van der Waals surface area contributed by atoms with Crippen LogP contribution < -0.4 is 5.32 Å². The number of fused-ring (bicyclic) bond motifs is 2. The highest BCUT2D eigenvalue weighted by Gasteiger charge is 2.50. The van der Waals surface area contributed by atoms with Crippen LogP contribution in [0.4, 0.5) is 0 Å². The second-order valence-electron chi connectivity index (χ2n) is 9.89. The number of aromatic nitrogens is 6. The highest BCUT2D eigenvalue weighted by atomic mass is 15.2. The number of aryl methyl sites for hydroxylation is 1. The van der Waals surface area contributed by atoms with Crippen LogP contribution in [0.1, 0.15) is 30.3 Å². The van der Waals surface area contributed by atoms with Crippen LogP contribution in [0.25, 0.3) is 44.3 Å². The first-order valence-corrected chi connectivity index (χ1v) is 11.6. The molecule has 0 amide bonds. The average molecular weight is 449 g/mol. The van der Waals surface area contributed by atoms with Gasteiger partial charge in [-0.25, -0.2) is 4.98 Å². The fourth-order valence-corrected chi connectivity index (χ4v) is 5.99. The Morgan fingerprint density at radius 3 is 2.76 bits per heavy atom. The molecule has 2 fully saturated rings. The van der Waals surface area contributed by atoms with Crippen molar-refractivity contribution < 1.29 is 0 Å². The zero-order valence-electron chi connectivity index (χ0n) is 19.1. The van der Waals surface area contributed by atoms with E-state index in [1.807, 2.05) is 30.1 Å². The van der Waals surface area contributed by atoms with E-state index in [0.29, 0.717) is 17.0 Å². The maximum absolute atomic E-state index is 9.73. The van der Waals surface area contributed by atoms with Gasteiger partial charge >= 0.3 is 0 Å². The quantitative estimate of drug-likeness (QED) is 0.437. The Hall–Kier alpha value is -3.96. The highest BCUT2D eigenvalue weighted by molar-refractivity contribution is 6.00. The minimum absolute atomic E-state index is 0.408. The van der Waals surface area contributed by atoms with Crippen LogP contribution in [0.15, 0.2) is 42.6 Å². The molecule has 4 heterocycles. The number of benzene rings is 2. The van der Waals surface area contributed by atoms with Crippen LogP contribution >= 0.6 is 0 Å². The van der Waals surface area contributed by atoms with Crippen LogP contribution in [0, 0.1) is 16.7 Å². The number of imidazole rings is 1. The lowest BCUT2D eigenvalue weighted by Crippen LogP contribution is -2.59. The Kier molecular flexibility index (Phi) is 3.89. The summed E-state index contributed by atoms with van der Waals surface area (Å²) in [4.78, 5) is 5.26. The van der Waals surface area contributed by atoms with E-state index in [9.17, 15) is 5.26 Å². The zero-order valence-corrected chi connectivity index (χ0v) is 19.1. The second kappa shape index (κ2) is 6.78. The van der Waals surface area contributed by atoms with Crippen molar-refractivity contribution in [1.82, 2.24) is 34.8 Å². The van der Waals surface area contributed by atoms with Crippen molar-refractivity contribution in [3.8, 4) is 28.6 Å². The molecule has 2 aromatic carbocycles. The summed E-state index contributed by atoms with van der Waals surface area (Å²) in [5.74, 6) is 1.56. The number of nitrogens with zero attached hydrogens (tertiary/aromatic N) is 6. The molecule has 1 spiro atoms. The third-order valence-electron chi connectivity index (χ3n) is 7.82. The molecule has 8 heteroatoms. The number of rotatable bonds is 3. The topological polar surface area (TPSA) is 100 Å². The molecular formula is C26H24N8. The SMILES string of the molecule is Cn1c(C2CC3(CNC3)C2)nc(-c2ccc3c(cnn3C)c2)c1-c1cccc2[nH]nc(C#N)c12. The molecule has 2 N–H and O–H groups in total. The Balaban J connectivity index is 1.46. The maximum Gasteiger partial charge on any atom is 0.170 e. The van der Waals surface area contributed by atoms with Crippen molar-refractivity contribution in [2.75, 3.05) is 13.1 Å². The summed E-state index contributed by atoms with van der Waals surface area (Å²) in [6.07, 6.45) is 4.24. The molecule has 5 aromatic rings. The third kappa shape index (κ3) is 2.59. The van der Waals surface area contributed by atoms with Gasteiger partial charge in [0.2, 0.25) is 0 Å². The first kappa shape index (κ1) is 19.5. The number of nitriles is 1. The first-order valence-electron chi connectivity index (χ1n) is 11.6. The Bertz CT molecular complexity index is 1630. The molecule has 1 aliphatic carbocycles. The molecular weight excluding hydrogens is 424 g/mol. The molecule has 0 atom stereocenters. The Morgan fingerprint density at radius 1 is 1.15 bits per heavy atom. The highest BCUT2D eigenvalue weighted by Crippen LogP contribution is 2.54. The number of hydrogen-bond donors (Lipinski definition) is 2. The number of aromatic amines is 1. The molecule has 8 nitrogen and oxygen atoms in total. The van der Waals surface area contributed by atoms with E-state index in [2.05, 4.69) is 62.6 Å². The van der Waals surface area contributed by atoms with E-state index in [0.717, 1.165) is 63.2 Å². The molecule has 1 saturated heterocycles. The fourth-order valence-electron chi connectivity index (χ4n) is 5.99. The van der Waals surface area contributed by atoms with Crippen LogP contribution in [-0.2, 0) is 14.1 Å². The number of H-pyrrole nitrogens is 1. The molecule has 168 valence electrons. The van der Waals surface area contributed by atoms with E-state index < -0.39 is 0 Å². The third-order valence-corrected chi connectivity index (χ3v) is 7.82. The van der Waals surface area contributed by atoms with Gasteiger partial charge in [-0.3, -0.25) is 9.78 Å². The predicted molar refractivity (Wildman–Crippen MR) is 130 cm³/mol. The smallest absolute Gasteiger partial charge is 0.170 e. The standard InChI is InChI=1S/C26H24N8/c1-33-24(18-4-3-5-19-22(18)20(11-27)32-31-19)23(15-6-7-21-16(8-15)12-29-34(21)2)30-25(33)17-9-26(10-17)13-28-14-26/h3-8,12,17,28H,9-10,13-14H2,1-2H3,(H,31,32). The molecule has 3 aromatic heterocycles. The lowest BCUT2D eigenvalue weighted by Gasteiger charge is -2.54. The van der Waals surface area contributed by atoms with Crippen molar-refractivity contribution in [2.45, 2.75) is 18.8 Å². The van der Waals surface area contributed by atoms with Gasteiger partial charge in [0.15, 0.2) is 5.69 Å². The van der Waals surface area contributed by atoms with Gasteiger partial charge in [0.1, 0.15) is 11.9 Å². The van der Waals surface area contributed by atoms with E-state index in [1.54, 1.807) is 0 Å². The monoisotopic (exact) mass is 448 g/mol. The van der Waals surface area contributed by atoms with Gasteiger partial charge in [0.05, 0.1) is 28.6 Å². The van der Waals surface area contributed by atoms with Gasteiger partial charge in [-0.05, 0) is 36.5 Å². The van der Waals surface area contributed by atoms with Gasteiger partial charge in [0.25, 0.3) is 0 Å². The fraction of sp³-hybridized carbons (Fsp3) is 0.308.